The van der Waals surface area contributed by atoms with E-state index < -0.39 is 11.8 Å². The second kappa shape index (κ2) is 6.06. The summed E-state index contributed by atoms with van der Waals surface area (Å²) in [7, 11) is 1.57. The van der Waals surface area contributed by atoms with Crippen LogP contribution in [0.5, 0.6) is 11.5 Å². The first-order valence-corrected chi connectivity index (χ1v) is 5.88. The molecule has 2 rings (SSSR count). The molecule has 1 N–H and O–H groups in total. The molecular weight excluding hydrogens is 263 g/mol. The third kappa shape index (κ3) is 3.26. The van der Waals surface area contributed by atoms with Crippen LogP contribution >= 0.6 is 0 Å². The van der Waals surface area contributed by atoms with Gasteiger partial charge in [-0.15, -0.1) is 0 Å². The SMILES string of the molecule is COc1ccc(COc2ccc(C(=O)O)cc2F)cc1. The Labute approximate surface area is 115 Å². The highest BCUT2D eigenvalue weighted by molar-refractivity contribution is 5.87. The van der Waals surface area contributed by atoms with Gasteiger partial charge in [0.25, 0.3) is 0 Å². The number of rotatable bonds is 5. The number of hydrogen-bond donors (Lipinski definition) is 1. The predicted octanol–water partition coefficient (Wildman–Crippen LogP) is 3.11. The number of carboxylic acid groups (broad SMARTS) is 1. The van der Waals surface area contributed by atoms with Gasteiger partial charge in [-0.25, -0.2) is 9.18 Å². The average molecular weight is 276 g/mol. The molecule has 0 fully saturated rings. The van der Waals surface area contributed by atoms with Crippen LogP contribution in [-0.4, -0.2) is 18.2 Å². The number of carbonyl (C=O) groups is 1. The molecule has 0 aliphatic rings. The minimum atomic E-state index is -1.18. The Morgan fingerprint density at radius 2 is 1.90 bits per heavy atom. The van der Waals surface area contributed by atoms with E-state index in [-0.39, 0.29) is 17.9 Å². The third-order valence-corrected chi connectivity index (χ3v) is 2.73. The van der Waals surface area contributed by atoms with Crippen molar-refractivity contribution >= 4 is 5.97 Å². The molecule has 0 amide bonds. The lowest BCUT2D eigenvalue weighted by atomic mass is 10.2. The Hall–Kier alpha value is -2.56. The Kier molecular flexibility index (Phi) is 4.20. The summed E-state index contributed by atoms with van der Waals surface area (Å²) in [4.78, 5) is 10.7. The largest absolute Gasteiger partial charge is 0.497 e. The van der Waals surface area contributed by atoms with Gasteiger partial charge in [0, 0.05) is 0 Å². The molecule has 0 heterocycles. The quantitative estimate of drug-likeness (QED) is 0.911. The molecule has 0 unspecified atom stereocenters. The average Bonchev–Trinajstić information content (AvgIpc) is 2.46. The topological polar surface area (TPSA) is 55.8 Å². The molecule has 5 heteroatoms. The minimum Gasteiger partial charge on any atom is -0.497 e. The molecule has 0 aliphatic heterocycles. The molecule has 0 aromatic heterocycles. The van der Waals surface area contributed by atoms with Crippen LogP contribution in [0.2, 0.25) is 0 Å². The van der Waals surface area contributed by atoms with Crippen molar-refractivity contribution in [2.24, 2.45) is 0 Å². The van der Waals surface area contributed by atoms with E-state index in [4.69, 9.17) is 14.6 Å². The van der Waals surface area contributed by atoms with E-state index >= 15 is 0 Å². The first-order chi connectivity index (χ1) is 9.60. The molecule has 104 valence electrons. The van der Waals surface area contributed by atoms with Gasteiger partial charge in [-0.05, 0) is 35.9 Å². The molecule has 0 saturated carbocycles. The van der Waals surface area contributed by atoms with Gasteiger partial charge in [-0.3, -0.25) is 0 Å². The summed E-state index contributed by atoms with van der Waals surface area (Å²) in [5, 5.41) is 8.74. The van der Waals surface area contributed by atoms with Crippen LogP contribution in [0, 0.1) is 5.82 Å². The maximum absolute atomic E-state index is 13.6. The number of carboxylic acids is 1. The van der Waals surface area contributed by atoms with Gasteiger partial charge in [0.2, 0.25) is 0 Å². The Bertz CT molecular complexity index is 608. The maximum Gasteiger partial charge on any atom is 0.335 e. The highest BCUT2D eigenvalue weighted by Crippen LogP contribution is 2.20. The number of hydrogen-bond acceptors (Lipinski definition) is 3. The fourth-order valence-corrected chi connectivity index (χ4v) is 1.63. The molecule has 4 nitrogen and oxygen atoms in total. The second-order valence-electron chi connectivity index (χ2n) is 4.09. The highest BCUT2D eigenvalue weighted by atomic mass is 19.1. The van der Waals surface area contributed by atoms with E-state index in [0.717, 1.165) is 17.4 Å². The lowest BCUT2D eigenvalue weighted by Gasteiger charge is -2.08. The van der Waals surface area contributed by atoms with E-state index in [9.17, 15) is 9.18 Å². The molecule has 0 radical (unpaired) electrons. The van der Waals surface area contributed by atoms with Crippen LogP contribution in [0.3, 0.4) is 0 Å². The van der Waals surface area contributed by atoms with Gasteiger partial charge in [-0.1, -0.05) is 12.1 Å². The van der Waals surface area contributed by atoms with Crippen LogP contribution in [0.1, 0.15) is 15.9 Å². The molecular formula is C15H13FO4. The summed E-state index contributed by atoms with van der Waals surface area (Å²) in [6.45, 7) is 0.188. The van der Waals surface area contributed by atoms with Gasteiger partial charge in [0.15, 0.2) is 11.6 Å². The van der Waals surface area contributed by atoms with Crippen molar-refractivity contribution in [3.63, 3.8) is 0 Å². The van der Waals surface area contributed by atoms with Crippen LogP contribution in [0.25, 0.3) is 0 Å². The van der Waals surface area contributed by atoms with Crippen LogP contribution in [0.15, 0.2) is 42.5 Å². The van der Waals surface area contributed by atoms with Crippen molar-refractivity contribution in [3.8, 4) is 11.5 Å². The summed E-state index contributed by atoms with van der Waals surface area (Å²) in [5.74, 6) is -1.12. The lowest BCUT2D eigenvalue weighted by Crippen LogP contribution is -2.01. The van der Waals surface area contributed by atoms with Crippen molar-refractivity contribution in [2.45, 2.75) is 6.61 Å². The molecule has 20 heavy (non-hydrogen) atoms. The fourth-order valence-electron chi connectivity index (χ4n) is 1.63. The maximum atomic E-state index is 13.6. The second-order valence-corrected chi connectivity index (χ2v) is 4.09. The molecule has 2 aromatic rings. The number of aromatic carboxylic acids is 1. The molecule has 0 saturated heterocycles. The van der Waals surface area contributed by atoms with Gasteiger partial charge in [0.05, 0.1) is 12.7 Å². The summed E-state index contributed by atoms with van der Waals surface area (Å²) >= 11 is 0. The van der Waals surface area contributed by atoms with Crippen molar-refractivity contribution in [1.29, 1.82) is 0 Å². The normalized spacial score (nSPS) is 10.1. The molecule has 2 aromatic carbocycles. The molecule has 0 atom stereocenters. The van der Waals surface area contributed by atoms with Gasteiger partial charge in [-0.2, -0.15) is 0 Å². The zero-order valence-electron chi connectivity index (χ0n) is 10.8. The predicted molar refractivity (Wildman–Crippen MR) is 70.7 cm³/mol. The zero-order valence-corrected chi connectivity index (χ0v) is 10.8. The lowest BCUT2D eigenvalue weighted by molar-refractivity contribution is 0.0696. The van der Waals surface area contributed by atoms with Crippen molar-refractivity contribution in [2.75, 3.05) is 7.11 Å². The number of ether oxygens (including phenoxy) is 2. The number of benzene rings is 2. The summed E-state index contributed by atoms with van der Waals surface area (Å²) in [5.41, 5.74) is 0.742. The van der Waals surface area contributed by atoms with Gasteiger partial charge >= 0.3 is 5.97 Å². The van der Waals surface area contributed by atoms with Crippen LogP contribution in [0.4, 0.5) is 4.39 Å². The zero-order chi connectivity index (χ0) is 14.5. The van der Waals surface area contributed by atoms with E-state index in [1.165, 1.54) is 12.1 Å². The molecule has 0 aliphatic carbocycles. The monoisotopic (exact) mass is 276 g/mol. The van der Waals surface area contributed by atoms with Gasteiger partial charge < -0.3 is 14.6 Å². The number of methoxy groups -OCH3 is 1. The summed E-state index contributed by atoms with van der Waals surface area (Å²) in [6, 6.07) is 10.7. The van der Waals surface area contributed by atoms with E-state index in [0.29, 0.717) is 0 Å². The molecule has 0 bridgehead atoms. The van der Waals surface area contributed by atoms with Crippen LogP contribution in [-0.2, 0) is 6.61 Å². The first kappa shape index (κ1) is 13.9. The summed E-state index contributed by atoms with van der Waals surface area (Å²) < 4.78 is 24.0. The Morgan fingerprint density at radius 1 is 1.20 bits per heavy atom. The van der Waals surface area contributed by atoms with Crippen molar-refractivity contribution in [3.05, 3.63) is 59.4 Å². The number of halogens is 1. The van der Waals surface area contributed by atoms with Crippen molar-refractivity contribution in [1.82, 2.24) is 0 Å². The smallest absolute Gasteiger partial charge is 0.335 e. The summed E-state index contributed by atoms with van der Waals surface area (Å²) in [6.07, 6.45) is 0. The van der Waals surface area contributed by atoms with Crippen molar-refractivity contribution < 1.29 is 23.8 Å². The fraction of sp³-hybridized carbons (Fsp3) is 0.133. The molecule has 0 spiro atoms. The van der Waals surface area contributed by atoms with Crippen LogP contribution < -0.4 is 9.47 Å². The van der Waals surface area contributed by atoms with E-state index in [1.54, 1.807) is 19.2 Å². The highest BCUT2D eigenvalue weighted by Gasteiger charge is 2.09. The minimum absolute atomic E-state index is 0.0193. The first-order valence-electron chi connectivity index (χ1n) is 5.88. The Balaban J connectivity index is 2.04. The van der Waals surface area contributed by atoms with Gasteiger partial charge in [0.1, 0.15) is 12.4 Å². The van der Waals surface area contributed by atoms with E-state index in [1.807, 2.05) is 12.1 Å². The van der Waals surface area contributed by atoms with E-state index in [2.05, 4.69) is 0 Å². The Morgan fingerprint density at radius 3 is 2.45 bits per heavy atom. The standard InChI is InChI=1S/C15H13FO4/c1-19-12-5-2-10(3-6-12)9-20-14-7-4-11(15(17)18)8-13(14)16/h2-8H,9H2,1H3,(H,17,18). The third-order valence-electron chi connectivity index (χ3n) is 2.73.